The summed E-state index contributed by atoms with van der Waals surface area (Å²) in [6, 6.07) is 0. The fraction of sp³-hybridized carbons (Fsp3) is 0.931. The van der Waals surface area contributed by atoms with Gasteiger partial charge in [0.1, 0.15) is 0 Å². The van der Waals surface area contributed by atoms with E-state index in [9.17, 15) is 5.11 Å². The number of aliphatic hydroxyl groups excluding tert-OH is 1. The molecule has 4 rings (SSSR count). The van der Waals surface area contributed by atoms with E-state index in [0.29, 0.717) is 22.7 Å². The minimum atomic E-state index is -0.0363. The Morgan fingerprint density at radius 3 is 2.33 bits per heavy atom. The molecule has 0 saturated heterocycles. The van der Waals surface area contributed by atoms with Crippen LogP contribution in [0.1, 0.15) is 106 Å². The van der Waals surface area contributed by atoms with Crippen LogP contribution in [0.15, 0.2) is 12.2 Å². The van der Waals surface area contributed by atoms with Crippen molar-refractivity contribution < 1.29 is 5.11 Å². The van der Waals surface area contributed by atoms with Crippen LogP contribution in [0.25, 0.3) is 0 Å². The zero-order valence-corrected chi connectivity index (χ0v) is 20.9. The molecule has 0 aromatic heterocycles. The lowest BCUT2D eigenvalue weighted by Crippen LogP contribution is -2.57. The molecule has 0 bridgehead atoms. The minimum absolute atomic E-state index is 0.0363. The molecule has 0 amide bonds. The summed E-state index contributed by atoms with van der Waals surface area (Å²) >= 11 is 0. The minimum Gasteiger partial charge on any atom is -0.393 e. The maximum Gasteiger partial charge on any atom is 0.0577 e. The maximum absolute atomic E-state index is 11.4. The molecule has 4 aliphatic rings. The van der Waals surface area contributed by atoms with E-state index in [1.165, 1.54) is 57.8 Å². The molecule has 0 spiro atoms. The predicted octanol–water partition coefficient (Wildman–Crippen LogP) is 7.88. The Bertz CT molecular complexity index is 622. The van der Waals surface area contributed by atoms with Gasteiger partial charge in [-0.15, -0.1) is 0 Å². The number of allylic oxidation sites excluding steroid dienone is 2. The fourth-order valence-electron chi connectivity index (χ4n) is 9.44. The second kappa shape index (κ2) is 8.57. The Kier molecular flexibility index (Phi) is 6.53. The fourth-order valence-corrected chi connectivity index (χ4v) is 9.44. The van der Waals surface area contributed by atoms with Crippen molar-refractivity contribution in [2.24, 2.45) is 58.2 Å². The zero-order valence-electron chi connectivity index (χ0n) is 20.9. The molecule has 1 N–H and O–H groups in total. The number of hydrogen-bond acceptors (Lipinski definition) is 1. The summed E-state index contributed by atoms with van der Waals surface area (Å²) in [5, 5.41) is 11.4. The van der Waals surface area contributed by atoms with Crippen LogP contribution in [-0.4, -0.2) is 11.2 Å². The van der Waals surface area contributed by atoms with Gasteiger partial charge < -0.3 is 5.11 Å². The van der Waals surface area contributed by atoms with E-state index in [-0.39, 0.29) is 6.10 Å². The van der Waals surface area contributed by atoms with Gasteiger partial charge in [0, 0.05) is 0 Å². The van der Waals surface area contributed by atoms with Crippen molar-refractivity contribution in [1.29, 1.82) is 0 Å². The molecule has 0 heterocycles. The van der Waals surface area contributed by atoms with Crippen LogP contribution in [0.3, 0.4) is 0 Å². The predicted molar refractivity (Wildman–Crippen MR) is 128 cm³/mol. The molecule has 0 radical (unpaired) electrons. The van der Waals surface area contributed by atoms with Gasteiger partial charge in [0.2, 0.25) is 0 Å². The Hall–Kier alpha value is -0.300. The zero-order chi connectivity index (χ0) is 21.7. The molecule has 172 valence electrons. The molecular formula is C29H50O. The smallest absolute Gasteiger partial charge is 0.0577 e. The quantitative estimate of drug-likeness (QED) is 0.454. The van der Waals surface area contributed by atoms with Crippen molar-refractivity contribution in [3.05, 3.63) is 12.2 Å². The molecule has 1 nitrogen and oxygen atoms in total. The molecule has 8 unspecified atom stereocenters. The van der Waals surface area contributed by atoms with E-state index in [4.69, 9.17) is 0 Å². The van der Waals surface area contributed by atoms with Gasteiger partial charge in [0.15, 0.2) is 0 Å². The molecule has 0 aromatic carbocycles. The first-order valence-corrected chi connectivity index (χ1v) is 13.6. The summed E-state index contributed by atoms with van der Waals surface area (Å²) < 4.78 is 0. The van der Waals surface area contributed by atoms with E-state index in [0.717, 1.165) is 41.9 Å². The number of rotatable bonds is 5. The molecule has 10 atom stereocenters. The summed E-state index contributed by atoms with van der Waals surface area (Å²) in [7, 11) is 0. The van der Waals surface area contributed by atoms with Crippen molar-refractivity contribution in [1.82, 2.24) is 0 Å². The van der Waals surface area contributed by atoms with Gasteiger partial charge >= 0.3 is 0 Å². The molecule has 1 heteroatoms. The van der Waals surface area contributed by atoms with Gasteiger partial charge in [-0.1, -0.05) is 66.5 Å². The van der Waals surface area contributed by atoms with Crippen LogP contribution in [0, 0.1) is 58.2 Å². The summed E-state index contributed by atoms with van der Waals surface area (Å²) in [4.78, 5) is 0. The Labute approximate surface area is 187 Å². The van der Waals surface area contributed by atoms with E-state index in [1.54, 1.807) is 0 Å². The third kappa shape index (κ3) is 3.64. The lowest BCUT2D eigenvalue weighted by molar-refractivity contribution is -0.163. The summed E-state index contributed by atoms with van der Waals surface area (Å²) in [6.07, 6.45) is 18.6. The van der Waals surface area contributed by atoms with Crippen LogP contribution in [0.4, 0.5) is 0 Å². The second-order valence-corrected chi connectivity index (χ2v) is 12.8. The van der Waals surface area contributed by atoms with Crippen molar-refractivity contribution in [2.75, 3.05) is 0 Å². The second-order valence-electron chi connectivity index (χ2n) is 12.8. The lowest BCUT2D eigenvalue weighted by Gasteiger charge is -2.62. The van der Waals surface area contributed by atoms with Crippen LogP contribution in [0.5, 0.6) is 0 Å². The van der Waals surface area contributed by atoms with Gasteiger partial charge in [-0.05, 0) is 110 Å². The average Bonchev–Trinajstić information content (AvgIpc) is 3.05. The van der Waals surface area contributed by atoms with Crippen LogP contribution >= 0.6 is 0 Å². The molecule has 4 saturated carbocycles. The van der Waals surface area contributed by atoms with Gasteiger partial charge in [0.05, 0.1) is 6.10 Å². The Morgan fingerprint density at radius 2 is 1.63 bits per heavy atom. The van der Waals surface area contributed by atoms with Crippen molar-refractivity contribution in [3.63, 3.8) is 0 Å². The first-order chi connectivity index (χ1) is 14.2. The summed E-state index contributed by atoms with van der Waals surface area (Å²) in [5.41, 5.74) is 0.946. The SMILES string of the molecule is CCC(/C=C/C(C)C1CCC2C3C(CCC12C)C1(C)CCCC[C@@H]1C[C@H]3O)C(C)C. The van der Waals surface area contributed by atoms with Crippen LogP contribution in [0.2, 0.25) is 0 Å². The van der Waals surface area contributed by atoms with E-state index >= 15 is 0 Å². The first kappa shape index (κ1) is 22.9. The van der Waals surface area contributed by atoms with Crippen LogP contribution < -0.4 is 0 Å². The van der Waals surface area contributed by atoms with Gasteiger partial charge in [-0.2, -0.15) is 0 Å². The number of hydrogen-bond donors (Lipinski definition) is 1. The van der Waals surface area contributed by atoms with E-state index in [1.807, 2.05) is 0 Å². The number of fused-ring (bicyclic) bond motifs is 5. The van der Waals surface area contributed by atoms with Crippen molar-refractivity contribution in [2.45, 2.75) is 112 Å². The molecule has 0 aromatic rings. The number of aliphatic hydroxyl groups is 1. The molecule has 0 aliphatic heterocycles. The topological polar surface area (TPSA) is 20.2 Å². The summed E-state index contributed by atoms with van der Waals surface area (Å²) in [5.74, 6) is 5.81. The van der Waals surface area contributed by atoms with Gasteiger partial charge in [0.25, 0.3) is 0 Å². The Balaban J connectivity index is 1.54. The third-order valence-electron chi connectivity index (χ3n) is 11.3. The van der Waals surface area contributed by atoms with Crippen LogP contribution in [-0.2, 0) is 0 Å². The third-order valence-corrected chi connectivity index (χ3v) is 11.3. The van der Waals surface area contributed by atoms with Gasteiger partial charge in [-0.25, -0.2) is 0 Å². The summed E-state index contributed by atoms with van der Waals surface area (Å²) in [6.45, 7) is 14.8. The monoisotopic (exact) mass is 414 g/mol. The molecule has 4 fully saturated rings. The lowest BCUT2D eigenvalue weighted by atomic mass is 9.44. The highest BCUT2D eigenvalue weighted by Gasteiger charge is 2.62. The average molecular weight is 415 g/mol. The van der Waals surface area contributed by atoms with Crippen molar-refractivity contribution in [3.8, 4) is 0 Å². The first-order valence-electron chi connectivity index (χ1n) is 13.6. The van der Waals surface area contributed by atoms with E-state index in [2.05, 4.69) is 53.7 Å². The highest BCUT2D eigenvalue weighted by Crippen LogP contribution is 2.68. The normalized spacial score (nSPS) is 48.3. The maximum atomic E-state index is 11.4. The van der Waals surface area contributed by atoms with Crippen molar-refractivity contribution >= 4 is 0 Å². The highest BCUT2D eigenvalue weighted by atomic mass is 16.3. The van der Waals surface area contributed by atoms with Gasteiger partial charge in [-0.3, -0.25) is 0 Å². The molecule has 4 aliphatic carbocycles. The van der Waals surface area contributed by atoms with E-state index < -0.39 is 0 Å². The molecule has 30 heavy (non-hydrogen) atoms. The highest BCUT2D eigenvalue weighted by molar-refractivity contribution is 5.12. The Morgan fingerprint density at radius 1 is 0.900 bits per heavy atom. The standard InChI is InChI=1S/C29H50O/c1-7-21(19(2)3)12-11-20(4)23-13-14-24-27-25(15-17-29(23,24)6)28(5)16-9-8-10-22(28)18-26(27)30/h11-12,19-27,30H,7-10,13-18H2,1-6H3/b12-11+/t20?,21?,22-,23?,24?,25?,26-,27?,28?,29?/m1/s1. The largest absolute Gasteiger partial charge is 0.393 e. The molecular weight excluding hydrogens is 364 g/mol.